The SMILES string of the molecule is C[C@H]1CCCC[C@@H]1NC(=O)c1ccc(N)cc1. The minimum Gasteiger partial charge on any atom is -0.399 e. The van der Waals surface area contributed by atoms with Crippen LogP contribution < -0.4 is 11.1 Å². The molecule has 2 atom stereocenters. The number of carbonyl (C=O) groups excluding carboxylic acids is 1. The van der Waals surface area contributed by atoms with Crippen LogP contribution in [0.25, 0.3) is 0 Å². The standard InChI is InChI=1S/C14H20N2O/c1-10-4-2-3-5-13(10)16-14(17)11-6-8-12(15)9-7-11/h6-10,13H,2-5,15H2,1H3,(H,16,17)/t10-,13-/m0/s1. The summed E-state index contributed by atoms with van der Waals surface area (Å²) in [6, 6.07) is 7.41. The fraction of sp³-hybridized carbons (Fsp3) is 0.500. The third-order valence-electron chi connectivity index (χ3n) is 3.60. The molecular formula is C14H20N2O. The van der Waals surface area contributed by atoms with Crippen LogP contribution in [-0.4, -0.2) is 11.9 Å². The number of nitrogen functional groups attached to an aromatic ring is 1. The second-order valence-electron chi connectivity index (χ2n) is 4.96. The average Bonchev–Trinajstić information content (AvgIpc) is 2.33. The minimum absolute atomic E-state index is 0.0174. The fourth-order valence-electron chi connectivity index (χ4n) is 2.42. The maximum Gasteiger partial charge on any atom is 0.251 e. The van der Waals surface area contributed by atoms with Gasteiger partial charge >= 0.3 is 0 Å². The highest BCUT2D eigenvalue weighted by atomic mass is 16.1. The Labute approximate surface area is 102 Å². The van der Waals surface area contributed by atoms with Crippen molar-refractivity contribution >= 4 is 11.6 Å². The molecule has 0 saturated heterocycles. The van der Waals surface area contributed by atoms with Gasteiger partial charge in [-0.1, -0.05) is 19.8 Å². The molecule has 92 valence electrons. The molecule has 0 bridgehead atoms. The van der Waals surface area contributed by atoms with Crippen molar-refractivity contribution in [3.8, 4) is 0 Å². The van der Waals surface area contributed by atoms with E-state index in [0.717, 1.165) is 6.42 Å². The molecule has 1 saturated carbocycles. The highest BCUT2D eigenvalue weighted by Crippen LogP contribution is 2.24. The molecular weight excluding hydrogens is 212 g/mol. The normalized spacial score (nSPS) is 24.3. The highest BCUT2D eigenvalue weighted by molar-refractivity contribution is 5.94. The van der Waals surface area contributed by atoms with Crippen LogP contribution in [-0.2, 0) is 0 Å². The first-order valence-corrected chi connectivity index (χ1v) is 6.33. The number of carbonyl (C=O) groups is 1. The van der Waals surface area contributed by atoms with Gasteiger partial charge in [-0.3, -0.25) is 4.79 Å². The van der Waals surface area contributed by atoms with E-state index in [1.807, 2.05) is 0 Å². The van der Waals surface area contributed by atoms with Crippen LogP contribution >= 0.6 is 0 Å². The predicted octanol–water partition coefficient (Wildman–Crippen LogP) is 2.58. The first kappa shape index (κ1) is 12.0. The summed E-state index contributed by atoms with van der Waals surface area (Å²) >= 11 is 0. The average molecular weight is 232 g/mol. The van der Waals surface area contributed by atoms with E-state index in [1.165, 1.54) is 19.3 Å². The van der Waals surface area contributed by atoms with Gasteiger partial charge in [0.2, 0.25) is 0 Å². The summed E-state index contributed by atoms with van der Waals surface area (Å²) in [4.78, 5) is 12.0. The Morgan fingerprint density at radius 3 is 2.53 bits per heavy atom. The van der Waals surface area contributed by atoms with Crippen LogP contribution in [0.15, 0.2) is 24.3 Å². The molecule has 1 fully saturated rings. The van der Waals surface area contributed by atoms with Gasteiger partial charge in [-0.15, -0.1) is 0 Å². The van der Waals surface area contributed by atoms with Gasteiger partial charge < -0.3 is 11.1 Å². The van der Waals surface area contributed by atoms with E-state index in [9.17, 15) is 4.79 Å². The molecule has 0 radical (unpaired) electrons. The van der Waals surface area contributed by atoms with Gasteiger partial charge in [0.1, 0.15) is 0 Å². The van der Waals surface area contributed by atoms with E-state index in [0.29, 0.717) is 23.2 Å². The smallest absolute Gasteiger partial charge is 0.251 e. The largest absolute Gasteiger partial charge is 0.399 e. The quantitative estimate of drug-likeness (QED) is 0.770. The van der Waals surface area contributed by atoms with Gasteiger partial charge in [-0.05, 0) is 43.0 Å². The van der Waals surface area contributed by atoms with Crippen LogP contribution in [0.1, 0.15) is 43.0 Å². The van der Waals surface area contributed by atoms with Crippen molar-refractivity contribution in [2.45, 2.75) is 38.6 Å². The fourth-order valence-corrected chi connectivity index (χ4v) is 2.42. The number of benzene rings is 1. The van der Waals surface area contributed by atoms with Gasteiger partial charge in [0.05, 0.1) is 0 Å². The van der Waals surface area contributed by atoms with Crippen molar-refractivity contribution in [2.24, 2.45) is 5.92 Å². The zero-order valence-electron chi connectivity index (χ0n) is 10.3. The molecule has 3 N–H and O–H groups in total. The molecule has 0 aromatic heterocycles. The van der Waals surface area contributed by atoms with Crippen LogP contribution in [0.2, 0.25) is 0 Å². The number of hydrogen-bond donors (Lipinski definition) is 2. The molecule has 1 aromatic rings. The molecule has 3 heteroatoms. The zero-order chi connectivity index (χ0) is 12.3. The van der Waals surface area contributed by atoms with Crippen molar-refractivity contribution < 1.29 is 4.79 Å². The summed E-state index contributed by atoms with van der Waals surface area (Å²) in [7, 11) is 0. The second kappa shape index (κ2) is 5.21. The minimum atomic E-state index is 0.0174. The monoisotopic (exact) mass is 232 g/mol. The number of amides is 1. The van der Waals surface area contributed by atoms with Gasteiger partial charge in [0, 0.05) is 17.3 Å². The van der Waals surface area contributed by atoms with E-state index in [-0.39, 0.29) is 5.91 Å². The molecule has 0 spiro atoms. The van der Waals surface area contributed by atoms with Crippen molar-refractivity contribution in [2.75, 3.05) is 5.73 Å². The Bertz CT molecular complexity index is 386. The van der Waals surface area contributed by atoms with E-state index in [2.05, 4.69) is 12.2 Å². The number of hydrogen-bond acceptors (Lipinski definition) is 2. The van der Waals surface area contributed by atoms with Crippen molar-refractivity contribution in [3.05, 3.63) is 29.8 Å². The van der Waals surface area contributed by atoms with Crippen LogP contribution in [0.4, 0.5) is 5.69 Å². The molecule has 0 aliphatic heterocycles. The Hall–Kier alpha value is -1.51. The van der Waals surface area contributed by atoms with E-state index in [1.54, 1.807) is 24.3 Å². The summed E-state index contributed by atoms with van der Waals surface area (Å²) in [6.07, 6.45) is 4.82. The lowest BCUT2D eigenvalue weighted by molar-refractivity contribution is 0.0910. The third kappa shape index (κ3) is 2.99. The zero-order valence-corrected chi connectivity index (χ0v) is 10.3. The molecule has 1 aliphatic carbocycles. The Morgan fingerprint density at radius 1 is 1.24 bits per heavy atom. The Kier molecular flexibility index (Phi) is 3.67. The molecule has 0 unspecified atom stereocenters. The van der Waals surface area contributed by atoms with E-state index < -0.39 is 0 Å². The lowest BCUT2D eigenvalue weighted by Crippen LogP contribution is -2.41. The molecule has 3 nitrogen and oxygen atoms in total. The highest BCUT2D eigenvalue weighted by Gasteiger charge is 2.22. The molecule has 1 aliphatic rings. The van der Waals surface area contributed by atoms with Crippen LogP contribution in [0.3, 0.4) is 0 Å². The molecule has 2 rings (SSSR count). The Balaban J connectivity index is 1.98. The summed E-state index contributed by atoms with van der Waals surface area (Å²) in [5.74, 6) is 0.602. The Morgan fingerprint density at radius 2 is 1.88 bits per heavy atom. The first-order chi connectivity index (χ1) is 8.16. The number of nitrogens with two attached hydrogens (primary N) is 1. The lowest BCUT2D eigenvalue weighted by Gasteiger charge is -2.29. The maximum absolute atomic E-state index is 12.0. The maximum atomic E-state index is 12.0. The van der Waals surface area contributed by atoms with Crippen LogP contribution in [0.5, 0.6) is 0 Å². The molecule has 17 heavy (non-hydrogen) atoms. The van der Waals surface area contributed by atoms with E-state index in [4.69, 9.17) is 5.73 Å². The summed E-state index contributed by atoms with van der Waals surface area (Å²) in [5.41, 5.74) is 6.98. The topological polar surface area (TPSA) is 55.1 Å². The van der Waals surface area contributed by atoms with Crippen molar-refractivity contribution in [3.63, 3.8) is 0 Å². The summed E-state index contributed by atoms with van der Waals surface area (Å²) in [6.45, 7) is 2.22. The van der Waals surface area contributed by atoms with E-state index >= 15 is 0 Å². The van der Waals surface area contributed by atoms with Crippen LogP contribution in [0, 0.1) is 5.92 Å². The molecule has 0 heterocycles. The number of rotatable bonds is 2. The van der Waals surface area contributed by atoms with Crippen molar-refractivity contribution in [1.29, 1.82) is 0 Å². The number of nitrogens with one attached hydrogen (secondary N) is 1. The summed E-state index contributed by atoms with van der Waals surface area (Å²) < 4.78 is 0. The second-order valence-corrected chi connectivity index (χ2v) is 4.96. The lowest BCUT2D eigenvalue weighted by atomic mass is 9.86. The van der Waals surface area contributed by atoms with Crippen molar-refractivity contribution in [1.82, 2.24) is 5.32 Å². The molecule has 1 aromatic carbocycles. The summed E-state index contributed by atoms with van der Waals surface area (Å²) in [5, 5.41) is 3.12. The van der Waals surface area contributed by atoms with Gasteiger partial charge in [-0.2, -0.15) is 0 Å². The van der Waals surface area contributed by atoms with Gasteiger partial charge in [-0.25, -0.2) is 0 Å². The first-order valence-electron chi connectivity index (χ1n) is 6.33. The number of anilines is 1. The third-order valence-corrected chi connectivity index (χ3v) is 3.60. The predicted molar refractivity (Wildman–Crippen MR) is 69.7 cm³/mol. The van der Waals surface area contributed by atoms with Gasteiger partial charge in [0.25, 0.3) is 5.91 Å². The van der Waals surface area contributed by atoms with Gasteiger partial charge in [0.15, 0.2) is 0 Å². The molecule has 1 amide bonds.